The molecule has 2 heterocycles. The molecular weight excluding hydrogens is 376 g/mol. The highest BCUT2D eigenvalue weighted by molar-refractivity contribution is 5.94. The van der Waals surface area contributed by atoms with Crippen molar-refractivity contribution < 1.29 is 23.8 Å². The summed E-state index contributed by atoms with van der Waals surface area (Å²) < 4.78 is 5.55. The van der Waals surface area contributed by atoms with Gasteiger partial charge in [-0.2, -0.15) is 0 Å². The highest BCUT2D eigenvalue weighted by Crippen LogP contribution is 2.12. The van der Waals surface area contributed by atoms with Crippen molar-refractivity contribution >= 4 is 17.5 Å². The number of nitro benzene ring substituents is 1. The van der Waals surface area contributed by atoms with Gasteiger partial charge in [-0.15, -0.1) is 0 Å². The third-order valence-electron chi connectivity index (χ3n) is 5.11. The molecule has 9 nitrogen and oxygen atoms in total. The van der Waals surface area contributed by atoms with Crippen molar-refractivity contribution in [3.63, 3.8) is 0 Å². The summed E-state index contributed by atoms with van der Waals surface area (Å²) in [5.74, 6) is 0.348. The summed E-state index contributed by atoms with van der Waals surface area (Å²) in [6.45, 7) is 2.79. The van der Waals surface area contributed by atoms with Gasteiger partial charge in [0.15, 0.2) is 11.8 Å². The van der Waals surface area contributed by atoms with Crippen LogP contribution >= 0.6 is 0 Å². The minimum atomic E-state index is -0.522. The first-order valence-electron chi connectivity index (χ1n) is 9.72. The van der Waals surface area contributed by atoms with Crippen LogP contribution in [-0.2, 0) is 4.79 Å². The van der Waals surface area contributed by atoms with Crippen LogP contribution in [0.2, 0.25) is 0 Å². The fourth-order valence-corrected chi connectivity index (χ4v) is 3.54. The highest BCUT2D eigenvalue weighted by atomic mass is 16.6. The number of quaternary nitrogens is 1. The van der Waals surface area contributed by atoms with Gasteiger partial charge in [0, 0.05) is 43.5 Å². The number of benzene rings is 1. The largest absolute Gasteiger partial charge is 0.463 e. The first-order valence-corrected chi connectivity index (χ1v) is 9.72. The number of hydrogen-bond acceptors (Lipinski definition) is 5. The first-order chi connectivity index (χ1) is 14.0. The SMILES string of the molecule is O=C(CCNC(=O)c1ccc([N+](=O)[O-])cc1)NC[C@H](c1ccco1)[NH+]1CCCC1. The van der Waals surface area contributed by atoms with Gasteiger partial charge in [-0.1, -0.05) is 0 Å². The van der Waals surface area contributed by atoms with Gasteiger partial charge in [-0.3, -0.25) is 19.7 Å². The Morgan fingerprint density at radius 3 is 2.48 bits per heavy atom. The molecule has 1 aromatic carbocycles. The number of likely N-dealkylation sites (tertiary alicyclic amines) is 1. The molecule has 2 aromatic rings. The summed E-state index contributed by atoms with van der Waals surface area (Å²) >= 11 is 0. The number of hydrogen-bond donors (Lipinski definition) is 3. The molecule has 0 radical (unpaired) electrons. The van der Waals surface area contributed by atoms with Gasteiger partial charge in [0.25, 0.3) is 11.6 Å². The van der Waals surface area contributed by atoms with Gasteiger partial charge in [-0.25, -0.2) is 0 Å². The van der Waals surface area contributed by atoms with E-state index in [4.69, 9.17) is 4.42 Å². The zero-order valence-electron chi connectivity index (χ0n) is 16.1. The van der Waals surface area contributed by atoms with Crippen molar-refractivity contribution in [2.45, 2.75) is 25.3 Å². The van der Waals surface area contributed by atoms with E-state index < -0.39 is 4.92 Å². The fraction of sp³-hybridized carbons (Fsp3) is 0.400. The molecule has 9 heteroatoms. The summed E-state index contributed by atoms with van der Waals surface area (Å²) in [5.41, 5.74) is 0.235. The van der Waals surface area contributed by atoms with Crippen molar-refractivity contribution in [3.8, 4) is 0 Å². The quantitative estimate of drug-likeness (QED) is 0.425. The van der Waals surface area contributed by atoms with Crippen LogP contribution in [-0.4, -0.2) is 42.9 Å². The minimum Gasteiger partial charge on any atom is -0.463 e. The maximum Gasteiger partial charge on any atom is 0.269 e. The second-order valence-corrected chi connectivity index (χ2v) is 7.05. The van der Waals surface area contributed by atoms with Gasteiger partial charge >= 0.3 is 0 Å². The summed E-state index contributed by atoms with van der Waals surface area (Å²) in [4.78, 5) is 35.8. The van der Waals surface area contributed by atoms with E-state index >= 15 is 0 Å². The fourth-order valence-electron chi connectivity index (χ4n) is 3.54. The normalized spacial score (nSPS) is 15.0. The van der Waals surface area contributed by atoms with E-state index in [-0.39, 0.29) is 36.5 Å². The van der Waals surface area contributed by atoms with Crippen LogP contribution in [0.3, 0.4) is 0 Å². The van der Waals surface area contributed by atoms with Crippen molar-refractivity contribution in [2.75, 3.05) is 26.2 Å². The molecule has 1 aliphatic rings. The number of non-ortho nitro benzene ring substituents is 1. The molecule has 1 aliphatic heterocycles. The number of nitrogens with one attached hydrogen (secondary N) is 3. The van der Waals surface area contributed by atoms with E-state index in [2.05, 4.69) is 10.6 Å². The summed E-state index contributed by atoms with van der Waals surface area (Å²) in [7, 11) is 0. The summed E-state index contributed by atoms with van der Waals surface area (Å²) in [5, 5.41) is 16.2. The Labute approximate surface area is 168 Å². The van der Waals surface area contributed by atoms with Gasteiger partial charge in [0.2, 0.25) is 5.91 Å². The van der Waals surface area contributed by atoms with Crippen LogP contribution in [0.1, 0.15) is 41.4 Å². The number of carbonyl (C=O) groups excluding carboxylic acids is 2. The lowest BCUT2D eigenvalue weighted by atomic mass is 10.2. The van der Waals surface area contributed by atoms with Gasteiger partial charge in [-0.05, 0) is 24.3 Å². The van der Waals surface area contributed by atoms with Crippen LogP contribution < -0.4 is 15.5 Å². The zero-order chi connectivity index (χ0) is 20.6. The third kappa shape index (κ3) is 5.64. The van der Waals surface area contributed by atoms with Crippen LogP contribution in [0.5, 0.6) is 0 Å². The Morgan fingerprint density at radius 1 is 1.14 bits per heavy atom. The average Bonchev–Trinajstić information content (AvgIpc) is 3.43. The standard InChI is InChI=1S/C20H24N4O5/c25-19(9-10-21-20(26)15-5-7-16(8-6-15)24(27)28)22-14-17(18-4-3-13-29-18)23-11-1-2-12-23/h3-8,13,17H,1-2,9-12,14H2,(H,21,26)(H,22,25)/p+1/t17-/m1/s1. The van der Waals surface area contributed by atoms with Crippen LogP contribution in [0.15, 0.2) is 47.1 Å². The summed E-state index contributed by atoms with van der Waals surface area (Å²) in [6, 6.07) is 9.21. The number of furan rings is 1. The van der Waals surface area contributed by atoms with Crippen LogP contribution in [0, 0.1) is 10.1 Å². The minimum absolute atomic E-state index is 0.0767. The predicted molar refractivity (Wildman–Crippen MR) is 104 cm³/mol. The summed E-state index contributed by atoms with van der Waals surface area (Å²) in [6.07, 6.45) is 4.15. The molecule has 0 unspecified atom stereocenters. The molecule has 1 fully saturated rings. The van der Waals surface area contributed by atoms with E-state index in [1.165, 1.54) is 42.0 Å². The number of nitro groups is 1. The molecule has 154 valence electrons. The highest BCUT2D eigenvalue weighted by Gasteiger charge is 2.29. The number of carbonyl (C=O) groups is 2. The second kappa shape index (κ2) is 9.83. The van der Waals surface area contributed by atoms with Gasteiger partial charge < -0.3 is 20.0 Å². The number of amides is 2. The van der Waals surface area contributed by atoms with Crippen molar-refractivity contribution in [2.24, 2.45) is 0 Å². The first kappa shape index (κ1) is 20.5. The average molecular weight is 401 g/mol. The van der Waals surface area contributed by atoms with Crippen molar-refractivity contribution in [1.82, 2.24) is 10.6 Å². The molecule has 1 aromatic heterocycles. The Morgan fingerprint density at radius 2 is 1.86 bits per heavy atom. The molecular formula is C20H25N4O5+. The van der Waals surface area contributed by atoms with Crippen molar-refractivity contribution in [3.05, 3.63) is 64.1 Å². The number of rotatable bonds is 9. The van der Waals surface area contributed by atoms with Crippen molar-refractivity contribution in [1.29, 1.82) is 0 Å². The molecule has 3 N–H and O–H groups in total. The monoisotopic (exact) mass is 401 g/mol. The molecule has 2 amide bonds. The Kier molecular flexibility index (Phi) is 6.96. The lowest BCUT2D eigenvalue weighted by Gasteiger charge is -2.23. The Hall–Kier alpha value is -3.20. The third-order valence-corrected chi connectivity index (χ3v) is 5.11. The van der Waals surface area contributed by atoms with Crippen LogP contribution in [0.4, 0.5) is 5.69 Å². The Bertz CT molecular complexity index is 829. The lowest BCUT2D eigenvalue weighted by Crippen LogP contribution is -3.11. The number of nitrogens with zero attached hydrogens (tertiary/aromatic N) is 1. The van der Waals surface area contributed by atoms with E-state index in [1.54, 1.807) is 6.26 Å². The zero-order valence-corrected chi connectivity index (χ0v) is 16.1. The molecule has 1 saturated heterocycles. The Balaban J connectivity index is 1.43. The van der Waals surface area contributed by atoms with Gasteiger partial charge in [0.1, 0.15) is 0 Å². The maximum atomic E-state index is 12.2. The predicted octanol–water partition coefficient (Wildman–Crippen LogP) is 0.844. The molecule has 0 spiro atoms. The topological polar surface area (TPSA) is 119 Å². The van der Waals surface area contributed by atoms with E-state index in [0.717, 1.165) is 18.8 Å². The smallest absolute Gasteiger partial charge is 0.269 e. The van der Waals surface area contributed by atoms with Crippen LogP contribution in [0.25, 0.3) is 0 Å². The maximum absolute atomic E-state index is 12.2. The van der Waals surface area contributed by atoms with E-state index in [0.29, 0.717) is 12.1 Å². The molecule has 0 bridgehead atoms. The molecule has 29 heavy (non-hydrogen) atoms. The molecule has 3 rings (SSSR count). The van der Waals surface area contributed by atoms with E-state index in [9.17, 15) is 19.7 Å². The van der Waals surface area contributed by atoms with E-state index in [1.807, 2.05) is 12.1 Å². The van der Waals surface area contributed by atoms with Gasteiger partial charge in [0.05, 0.1) is 30.8 Å². The second-order valence-electron chi connectivity index (χ2n) is 7.05. The molecule has 0 saturated carbocycles. The molecule has 1 atom stereocenters. The lowest BCUT2D eigenvalue weighted by molar-refractivity contribution is -0.919. The molecule has 0 aliphatic carbocycles.